The Morgan fingerprint density at radius 2 is 0.518 bits per heavy atom. The third-order valence-corrected chi connectivity index (χ3v) is 24.2. The molecule has 0 aliphatic carbocycles. The SMILES string of the molecule is [2H]/C(=C(/[2H])P(=O)(O)CO)[C@H]1OC[C@H](OC)[C@@H]1OC(C)C.[2H]/C(=C(/[2H])P(=O)(O)O)[C@H]1OC[C@H](OC)[C@@H]1OC(C)C.[2H]/C(=C(/[2H])P(C)(=O)O)[C@H]1OC[C@H](OC)[C@@H]1OC(C)C.[2H]/C(=C\[C@H]1OC[C@H](OC)[C@@H]1OC(C)C)P(=O)(O)O.[2H]/C(=C\[C@H]1O[C@@H](c2ccccc2)[C@H](OC)[C@@H]1OC(C)C)P(=O)(O)CO.[2H]/C(=C\[C@H]1O[C@@H](c2ccccc2)[C@H](OC)[C@@H]1OC(C)C)P(=O)(O)O.[2H]/C(=C\[C@H]1O[C@@H](c2ccccc2)[C@H](OC)[C@@H]1OC(C)C)P(C)(=O)O. The Kier molecular flexibility index (Phi) is 49.3. The second-order valence-electron chi connectivity index (χ2n) is 34.1. The minimum atomic E-state index is -4.77. The molecule has 12 N–H and O–H groups in total. The first kappa shape index (κ1) is 111. The summed E-state index contributed by atoms with van der Waals surface area (Å²) in [5, 5.41) is 17.8. The molecule has 3 aromatic rings. The minimum absolute atomic E-state index is 0.0709. The monoisotopic (exact) mass is 2120 g/mol. The molecule has 10 rings (SSSR count). The Labute approximate surface area is 832 Å². The molecule has 7 heterocycles. The van der Waals surface area contributed by atoms with Crippen molar-refractivity contribution in [3.8, 4) is 0 Å². The van der Waals surface area contributed by atoms with Crippen LogP contribution >= 0.6 is 52.3 Å². The molecule has 0 saturated carbocycles. The molecule has 0 amide bonds. The van der Waals surface area contributed by atoms with Gasteiger partial charge in [0.05, 0.1) is 82.9 Å². The number of benzene rings is 3. The molecule has 28 atom stereocenters. The van der Waals surface area contributed by atoms with Crippen molar-refractivity contribution in [2.75, 3.05) is 102 Å². The molecular weight excluding hydrogens is 1960 g/mol. The van der Waals surface area contributed by atoms with Gasteiger partial charge in [-0.1, -0.05) is 91.0 Å². The van der Waals surface area contributed by atoms with Crippen molar-refractivity contribution in [2.45, 2.75) is 286 Å². The van der Waals surface area contributed by atoms with Crippen molar-refractivity contribution >= 4 is 52.3 Å². The molecule has 0 bridgehead atoms. The van der Waals surface area contributed by atoms with Crippen LogP contribution in [0.25, 0.3) is 0 Å². The van der Waals surface area contributed by atoms with E-state index >= 15 is 0 Å². The highest BCUT2D eigenvalue weighted by Gasteiger charge is 2.50. The molecule has 7 aliphatic heterocycles. The summed E-state index contributed by atoms with van der Waals surface area (Å²) in [7, 11) is -19.0. The van der Waals surface area contributed by atoms with E-state index in [2.05, 4.69) is 0 Å². The van der Waals surface area contributed by atoms with Crippen molar-refractivity contribution in [1.82, 2.24) is 0 Å². The van der Waals surface area contributed by atoms with Crippen LogP contribution < -0.4 is 0 Å². The fraction of sp³-hybridized carbons (Fsp3) is 0.652. The predicted octanol–water partition coefficient (Wildman–Crippen LogP) is 13.0. The Hall–Kier alpha value is -3.87. The summed E-state index contributed by atoms with van der Waals surface area (Å²) >= 11 is 0. The Bertz CT molecular complexity index is 4960. The molecule has 3 aromatic carbocycles. The summed E-state index contributed by atoms with van der Waals surface area (Å²) in [4.78, 5) is 91.9. The van der Waals surface area contributed by atoms with Crippen molar-refractivity contribution in [1.29, 1.82) is 0 Å². The minimum Gasteiger partial charge on any atom is -0.386 e. The van der Waals surface area contributed by atoms with Crippen LogP contribution in [0.3, 0.4) is 0 Å². The van der Waals surface area contributed by atoms with E-state index in [1.54, 1.807) is 28.1 Å². The largest absolute Gasteiger partial charge is 0.386 e. The van der Waals surface area contributed by atoms with Crippen molar-refractivity contribution in [3.63, 3.8) is 0 Å². The zero-order valence-corrected chi connectivity index (χ0v) is 88.8. The van der Waals surface area contributed by atoms with E-state index < -0.39 is 234 Å². The van der Waals surface area contributed by atoms with Crippen LogP contribution in [0.15, 0.2) is 174 Å². The summed E-state index contributed by atoms with van der Waals surface area (Å²) in [6.45, 7) is 28.8. The summed E-state index contributed by atoms with van der Waals surface area (Å²) in [6, 6.07) is 27.1. The lowest BCUT2D eigenvalue weighted by molar-refractivity contribution is -0.0694. The fourth-order valence-electron chi connectivity index (χ4n) is 14.3. The zero-order chi connectivity index (χ0) is 113. The number of methoxy groups -OCH3 is 7. The molecule has 4 unspecified atom stereocenters. The van der Waals surface area contributed by atoms with Crippen LogP contribution in [0, 0.1) is 0 Å². The van der Waals surface area contributed by atoms with E-state index in [1.165, 1.54) is 47.7 Å². The lowest BCUT2D eigenvalue weighted by Gasteiger charge is -2.24. The normalized spacial score (nSPS) is 32.5. The highest BCUT2D eigenvalue weighted by atomic mass is 31.2. The van der Waals surface area contributed by atoms with Gasteiger partial charge in [-0.2, -0.15) is 0 Å². The van der Waals surface area contributed by atoms with Gasteiger partial charge in [-0.3, -0.25) is 32.0 Å². The van der Waals surface area contributed by atoms with Crippen LogP contribution in [-0.4, -0.2) is 332 Å². The van der Waals surface area contributed by atoms with Gasteiger partial charge in [0, 0.05) is 92.1 Å². The molecule has 40 nitrogen and oxygen atoms in total. The molecule has 7 saturated heterocycles. The van der Waals surface area contributed by atoms with Crippen molar-refractivity contribution < 1.29 is 204 Å². The number of ether oxygens (including phenoxy) is 21. The van der Waals surface area contributed by atoms with E-state index in [-0.39, 0.29) is 105 Å². The van der Waals surface area contributed by atoms with Crippen LogP contribution in [0.5, 0.6) is 0 Å². The number of hydrogen-bond acceptors (Lipinski definition) is 30. The maximum atomic E-state index is 11.8. The summed E-state index contributed by atoms with van der Waals surface area (Å²) in [6.07, 6.45) is -11.7. The highest BCUT2D eigenvalue weighted by Crippen LogP contribution is 2.48. The topological polar surface area (TPSA) is 556 Å². The van der Waals surface area contributed by atoms with Crippen LogP contribution in [0.1, 0.15) is 146 Å². The molecule has 139 heavy (non-hydrogen) atoms. The molecule has 0 spiro atoms. The van der Waals surface area contributed by atoms with Crippen molar-refractivity contribution in [2.24, 2.45) is 0 Å². The van der Waals surface area contributed by atoms with Crippen molar-refractivity contribution in [3.05, 3.63) is 191 Å². The molecule has 7 aliphatic rings. The maximum absolute atomic E-state index is 11.8. The fourth-order valence-corrected chi connectivity index (χ4v) is 16.9. The predicted molar refractivity (Wildman–Crippen MR) is 522 cm³/mol. The number of rotatable bonds is 40. The van der Waals surface area contributed by atoms with E-state index in [1.807, 2.05) is 174 Å². The molecule has 796 valence electrons. The Morgan fingerprint density at radius 1 is 0.295 bits per heavy atom. The second-order valence-corrected chi connectivity index (χ2v) is 46.0. The van der Waals surface area contributed by atoms with Gasteiger partial charge in [-0.05, 0) is 168 Å². The second kappa shape index (κ2) is 61.8. The van der Waals surface area contributed by atoms with Gasteiger partial charge in [0.15, 0.2) is 0 Å². The van der Waals surface area contributed by atoms with Gasteiger partial charge in [-0.25, -0.2) is 0 Å². The Morgan fingerprint density at radius 3 is 0.763 bits per heavy atom. The molecule has 7 fully saturated rings. The van der Waals surface area contributed by atoms with Gasteiger partial charge in [0.2, 0.25) is 29.5 Å². The number of aliphatic hydroxyl groups excluding tert-OH is 2. The van der Waals surface area contributed by atoms with E-state index in [4.69, 9.17) is 153 Å². The average Bonchev–Trinajstić information content (AvgIpc) is 1.63. The smallest absolute Gasteiger partial charge is 0.348 e. The lowest BCUT2D eigenvalue weighted by atomic mass is 10.0. The van der Waals surface area contributed by atoms with E-state index in [9.17, 15) is 51.5 Å². The molecule has 0 radical (unpaired) electrons. The van der Waals surface area contributed by atoms with E-state index in [0.717, 1.165) is 42.2 Å². The molecular formula is C92H153O40P7. The van der Waals surface area contributed by atoms with Gasteiger partial charge in [0.1, 0.15) is 159 Å². The van der Waals surface area contributed by atoms with Gasteiger partial charge >= 0.3 is 22.8 Å². The summed E-state index contributed by atoms with van der Waals surface area (Å²) in [5.41, 5.74) is 2.71. The number of hydrogen-bond donors (Lipinski definition) is 12. The standard InChI is InChI=1S/C17H25O6P.C17H25O5P.C16H23O6P.C11H21O6P.C11H21O5P.2C10H19O6P/c1-12(2)22-16-14(9-10-24(19,20)11-18)23-15(17(16)21-3)13-7-5-4-6-8-13;1-12(2)21-16-14(10-11-23(4,18)19)22-15(17(16)20-3)13-8-6-5-7-9-13;1-11(2)21-15-13(9-10-23(17,18)19)22-14(16(15)20-3)12-7-5-4-6-8-12;1-8(2)17-11-9(16-6-10(11)15-3)4-5-18(13,14)7-12;1-8(2)16-11-9(5-6-17(4,12)13)15-7-10(11)14-3;2*1-7(2)16-10-8(4-5-17(11,12)13)15-6-9(10)14-3/h4-10,12,14-18H,11H2,1-3H3,(H,19,20);5-12,14-17H,1-4H3,(H,18,19);4-11,13-16H,1-3H3,(H2,17,18,19);4-5,8-12H,6-7H2,1-3H3,(H,13,14);5-6,8-11H,7H2,1-4H3,(H,12,13);2*4-5,7-10H,6H2,1-3H3,(H2,11,12,13)/b10-9+;11-10+;10-9+;5-4+;6-5+;2*5-4+/t2*14-,15+,16-,17+;13-,14+,15-,16+;2*9-,10+,11-;2*8-,9+,10-/m1111111/s1/i10D;11D;10D;4D,5D;5D,6D;4D,5D;5D. The molecule has 0 aromatic heterocycles. The quantitative estimate of drug-likeness (QED) is 0.0235. The summed E-state index contributed by atoms with van der Waals surface area (Å²) in [5.74, 6) is -4.92. The first-order chi connectivity index (χ1) is 69.1. The van der Waals surface area contributed by atoms with Gasteiger partial charge < -0.3 is 159 Å². The Balaban J connectivity index is 0.000000363. The van der Waals surface area contributed by atoms with Crippen LogP contribution in [0.4, 0.5) is 0 Å². The third-order valence-electron chi connectivity index (χ3n) is 19.9. The highest BCUT2D eigenvalue weighted by molar-refractivity contribution is 7.61. The average molecular weight is 2130 g/mol. The maximum Gasteiger partial charge on any atom is 0.348 e. The van der Waals surface area contributed by atoms with E-state index in [0.29, 0.717) is 0 Å². The summed E-state index contributed by atoms with van der Waals surface area (Å²) < 4.78 is 273. The zero-order valence-electron chi connectivity index (χ0n) is 92.5. The lowest BCUT2D eigenvalue weighted by Crippen LogP contribution is -2.36. The number of aliphatic hydroxyl groups is 2. The third kappa shape index (κ3) is 47.5. The first-order valence-corrected chi connectivity index (χ1v) is 57.1. The molecule has 47 heteroatoms. The van der Waals surface area contributed by atoms with Crippen LogP contribution in [-0.2, 0) is 131 Å². The van der Waals surface area contributed by atoms with Gasteiger partial charge in [0.25, 0.3) is 0 Å². The van der Waals surface area contributed by atoms with Gasteiger partial charge in [-0.15, -0.1) is 0 Å². The first-order valence-electron chi connectivity index (χ1n) is 49.4. The van der Waals surface area contributed by atoms with Crippen LogP contribution in [0.2, 0.25) is 0 Å².